The fraction of sp³-hybridized carbons (Fsp3) is 0.700. The Labute approximate surface area is 161 Å². The first-order valence-corrected chi connectivity index (χ1v) is 10.0. The van der Waals surface area contributed by atoms with Crippen LogP contribution in [0.4, 0.5) is 0 Å². The van der Waals surface area contributed by atoms with Crippen molar-refractivity contribution in [1.29, 1.82) is 0 Å². The second-order valence-electron chi connectivity index (χ2n) is 7.94. The summed E-state index contributed by atoms with van der Waals surface area (Å²) < 4.78 is 0. The zero-order chi connectivity index (χ0) is 19.4. The predicted octanol–water partition coefficient (Wildman–Crippen LogP) is 1.69. The zero-order valence-corrected chi connectivity index (χ0v) is 16.7. The number of carbonyl (C=O) groups excluding carboxylic acids is 2. The van der Waals surface area contributed by atoms with E-state index in [-0.39, 0.29) is 29.9 Å². The van der Waals surface area contributed by atoms with E-state index in [0.29, 0.717) is 6.54 Å². The molecule has 2 unspecified atom stereocenters. The summed E-state index contributed by atoms with van der Waals surface area (Å²) in [6.45, 7) is 8.99. The summed E-state index contributed by atoms with van der Waals surface area (Å²) >= 11 is 0. The number of nitrogens with zero attached hydrogens (tertiary/aromatic N) is 5. The predicted molar refractivity (Wildman–Crippen MR) is 103 cm³/mol. The standard InChI is InChI=1S/C20H31N5O2/c1-15(2)24-10-7-19(20(24)27)23-8-4-5-18(6-9-23)25(16(3)26)13-17-11-21-14-22-12-17/h11-12,14-15,18-19H,4-10,13H2,1-3H3. The van der Waals surface area contributed by atoms with Gasteiger partial charge < -0.3 is 9.80 Å². The van der Waals surface area contributed by atoms with Crippen LogP contribution in [0.3, 0.4) is 0 Å². The quantitative estimate of drug-likeness (QED) is 0.786. The summed E-state index contributed by atoms with van der Waals surface area (Å²) in [6.07, 6.45) is 8.83. The van der Waals surface area contributed by atoms with Crippen LogP contribution in [0.1, 0.15) is 52.0 Å². The van der Waals surface area contributed by atoms with E-state index in [4.69, 9.17) is 0 Å². The Morgan fingerprint density at radius 2 is 1.93 bits per heavy atom. The fourth-order valence-electron chi connectivity index (χ4n) is 4.37. The lowest BCUT2D eigenvalue weighted by atomic mass is 10.1. The molecule has 1 aromatic rings. The second-order valence-corrected chi connectivity index (χ2v) is 7.94. The van der Waals surface area contributed by atoms with Gasteiger partial charge in [-0.3, -0.25) is 14.5 Å². The Balaban J connectivity index is 1.63. The molecule has 1 aromatic heterocycles. The van der Waals surface area contributed by atoms with Crippen LogP contribution < -0.4 is 0 Å². The van der Waals surface area contributed by atoms with E-state index in [1.165, 1.54) is 6.33 Å². The van der Waals surface area contributed by atoms with E-state index in [1.54, 1.807) is 19.3 Å². The molecule has 2 fully saturated rings. The Bertz CT molecular complexity index is 651. The number of amides is 2. The van der Waals surface area contributed by atoms with Gasteiger partial charge in [-0.1, -0.05) is 0 Å². The second kappa shape index (κ2) is 8.78. The number of hydrogen-bond acceptors (Lipinski definition) is 5. The van der Waals surface area contributed by atoms with Crippen molar-refractivity contribution in [1.82, 2.24) is 24.7 Å². The number of rotatable bonds is 5. The molecule has 0 bridgehead atoms. The Morgan fingerprint density at radius 1 is 1.19 bits per heavy atom. The molecule has 0 saturated carbocycles. The molecule has 2 atom stereocenters. The molecule has 2 amide bonds. The van der Waals surface area contributed by atoms with Gasteiger partial charge >= 0.3 is 0 Å². The molecular formula is C20H31N5O2. The van der Waals surface area contributed by atoms with E-state index in [2.05, 4.69) is 28.7 Å². The molecule has 0 spiro atoms. The van der Waals surface area contributed by atoms with Gasteiger partial charge in [0.1, 0.15) is 6.33 Å². The number of likely N-dealkylation sites (tertiary alicyclic amines) is 2. The summed E-state index contributed by atoms with van der Waals surface area (Å²) in [5.74, 6) is 0.355. The maximum Gasteiger partial charge on any atom is 0.240 e. The van der Waals surface area contributed by atoms with Crippen molar-refractivity contribution in [2.24, 2.45) is 0 Å². The highest BCUT2D eigenvalue weighted by Crippen LogP contribution is 2.25. The minimum atomic E-state index is 0.0134. The van der Waals surface area contributed by atoms with Gasteiger partial charge in [-0.25, -0.2) is 9.97 Å². The minimum absolute atomic E-state index is 0.0134. The summed E-state index contributed by atoms with van der Waals surface area (Å²) in [6, 6.07) is 0.480. The Hall–Kier alpha value is -2.02. The third-order valence-electron chi connectivity index (χ3n) is 5.82. The van der Waals surface area contributed by atoms with Crippen molar-refractivity contribution < 1.29 is 9.59 Å². The van der Waals surface area contributed by atoms with E-state index < -0.39 is 0 Å². The Morgan fingerprint density at radius 3 is 2.56 bits per heavy atom. The molecular weight excluding hydrogens is 342 g/mol. The van der Waals surface area contributed by atoms with E-state index in [9.17, 15) is 9.59 Å². The van der Waals surface area contributed by atoms with Crippen LogP contribution in [0, 0.1) is 0 Å². The molecule has 2 saturated heterocycles. The average molecular weight is 374 g/mol. The van der Waals surface area contributed by atoms with Gasteiger partial charge in [-0.2, -0.15) is 0 Å². The molecule has 3 heterocycles. The van der Waals surface area contributed by atoms with Crippen molar-refractivity contribution in [3.05, 3.63) is 24.3 Å². The van der Waals surface area contributed by atoms with Crippen LogP contribution in [0.25, 0.3) is 0 Å². The summed E-state index contributed by atoms with van der Waals surface area (Å²) in [7, 11) is 0. The highest BCUT2D eigenvalue weighted by Gasteiger charge is 2.38. The van der Waals surface area contributed by atoms with Crippen molar-refractivity contribution in [3.8, 4) is 0 Å². The lowest BCUT2D eigenvalue weighted by Crippen LogP contribution is -2.44. The molecule has 2 aliphatic heterocycles. The maximum absolute atomic E-state index is 12.7. The monoisotopic (exact) mass is 373 g/mol. The summed E-state index contributed by atoms with van der Waals surface area (Å²) in [5, 5.41) is 0. The first kappa shape index (κ1) is 19.7. The third-order valence-corrected chi connectivity index (χ3v) is 5.82. The minimum Gasteiger partial charge on any atom is -0.339 e. The first-order valence-electron chi connectivity index (χ1n) is 10.0. The fourth-order valence-corrected chi connectivity index (χ4v) is 4.37. The summed E-state index contributed by atoms with van der Waals surface area (Å²) in [5.41, 5.74) is 0.951. The van der Waals surface area contributed by atoms with Gasteiger partial charge in [0.15, 0.2) is 0 Å². The number of hydrogen-bond donors (Lipinski definition) is 0. The lowest BCUT2D eigenvalue weighted by molar-refractivity contribution is -0.134. The molecule has 7 nitrogen and oxygen atoms in total. The smallest absolute Gasteiger partial charge is 0.240 e. The van der Waals surface area contributed by atoms with E-state index in [0.717, 1.165) is 50.9 Å². The summed E-state index contributed by atoms with van der Waals surface area (Å²) in [4.78, 5) is 39.4. The molecule has 0 aromatic carbocycles. The largest absolute Gasteiger partial charge is 0.339 e. The van der Waals surface area contributed by atoms with Gasteiger partial charge in [0.2, 0.25) is 11.8 Å². The molecule has 148 valence electrons. The molecule has 0 aliphatic carbocycles. The lowest BCUT2D eigenvalue weighted by Gasteiger charge is -2.31. The highest BCUT2D eigenvalue weighted by molar-refractivity contribution is 5.84. The number of aromatic nitrogens is 2. The van der Waals surface area contributed by atoms with Crippen molar-refractivity contribution in [2.45, 2.75) is 71.1 Å². The average Bonchev–Trinajstić information content (AvgIpc) is 2.87. The van der Waals surface area contributed by atoms with Crippen LogP contribution in [0.5, 0.6) is 0 Å². The van der Waals surface area contributed by atoms with Crippen LogP contribution in [0.2, 0.25) is 0 Å². The van der Waals surface area contributed by atoms with Crippen LogP contribution in [0.15, 0.2) is 18.7 Å². The van der Waals surface area contributed by atoms with Gasteiger partial charge in [0.25, 0.3) is 0 Å². The SMILES string of the molecule is CC(=O)N(Cc1cncnc1)C1CCCN(C2CCN(C(C)C)C2=O)CC1. The van der Waals surface area contributed by atoms with Gasteiger partial charge in [0, 0.05) is 56.6 Å². The molecule has 3 rings (SSSR count). The van der Waals surface area contributed by atoms with Crippen LogP contribution >= 0.6 is 0 Å². The van der Waals surface area contributed by atoms with Gasteiger partial charge in [-0.15, -0.1) is 0 Å². The maximum atomic E-state index is 12.7. The van der Waals surface area contributed by atoms with Crippen molar-refractivity contribution in [2.75, 3.05) is 19.6 Å². The van der Waals surface area contributed by atoms with Crippen molar-refractivity contribution in [3.63, 3.8) is 0 Å². The topological polar surface area (TPSA) is 69.6 Å². The van der Waals surface area contributed by atoms with Gasteiger partial charge in [-0.05, 0) is 46.1 Å². The van der Waals surface area contributed by atoms with E-state index >= 15 is 0 Å². The van der Waals surface area contributed by atoms with Crippen LogP contribution in [-0.4, -0.2) is 74.2 Å². The molecule has 27 heavy (non-hydrogen) atoms. The first-order chi connectivity index (χ1) is 13.0. The highest BCUT2D eigenvalue weighted by atomic mass is 16.2. The van der Waals surface area contributed by atoms with Gasteiger partial charge in [0.05, 0.1) is 6.04 Å². The van der Waals surface area contributed by atoms with E-state index in [1.807, 2.05) is 9.80 Å². The molecule has 2 aliphatic rings. The third kappa shape index (κ3) is 4.64. The molecule has 0 N–H and O–H groups in total. The molecule has 7 heteroatoms. The Kier molecular flexibility index (Phi) is 6.42. The number of carbonyl (C=O) groups is 2. The zero-order valence-electron chi connectivity index (χ0n) is 16.7. The molecule has 0 radical (unpaired) electrons. The van der Waals surface area contributed by atoms with Crippen molar-refractivity contribution >= 4 is 11.8 Å². The van der Waals surface area contributed by atoms with Crippen LogP contribution in [-0.2, 0) is 16.1 Å². The normalized spacial score (nSPS) is 24.3.